The lowest BCUT2D eigenvalue weighted by Gasteiger charge is -2.00. The van der Waals surface area contributed by atoms with Gasteiger partial charge in [0.1, 0.15) is 0 Å². The third-order valence-corrected chi connectivity index (χ3v) is 4.53. The first-order chi connectivity index (χ1) is 10.2. The number of hydrogen-bond donors (Lipinski definition) is 1. The molecule has 0 atom stereocenters. The van der Waals surface area contributed by atoms with E-state index in [9.17, 15) is 0 Å². The summed E-state index contributed by atoms with van der Waals surface area (Å²) < 4.78 is 0. The molecule has 0 aliphatic carbocycles. The molecule has 0 unspecified atom stereocenters. The van der Waals surface area contributed by atoms with Crippen LogP contribution in [0.2, 0.25) is 0 Å². The molecule has 21 heavy (non-hydrogen) atoms. The summed E-state index contributed by atoms with van der Waals surface area (Å²) in [5.41, 5.74) is 7.29. The van der Waals surface area contributed by atoms with Crippen LogP contribution in [0.3, 0.4) is 0 Å². The van der Waals surface area contributed by atoms with E-state index in [0.717, 1.165) is 22.1 Å². The fourth-order valence-electron chi connectivity index (χ4n) is 1.87. The van der Waals surface area contributed by atoms with Crippen molar-refractivity contribution in [2.45, 2.75) is 13.8 Å². The zero-order valence-electron chi connectivity index (χ0n) is 11.8. The molecule has 0 saturated carbocycles. The number of hydrogen-bond acceptors (Lipinski definition) is 5. The Morgan fingerprint density at radius 1 is 1.05 bits per heavy atom. The number of benzene rings is 1. The summed E-state index contributed by atoms with van der Waals surface area (Å²) in [6, 6.07) is 12.7. The minimum Gasteiger partial charge on any atom is -0.253 e. The van der Waals surface area contributed by atoms with Crippen LogP contribution in [0, 0.1) is 0 Å². The molecule has 0 aliphatic rings. The van der Waals surface area contributed by atoms with Crippen molar-refractivity contribution >= 4 is 33.5 Å². The van der Waals surface area contributed by atoms with E-state index in [-0.39, 0.29) is 0 Å². The molecule has 2 heterocycles. The monoisotopic (exact) mass is 313 g/mol. The number of thiazole rings is 1. The number of nitrogens with zero attached hydrogens (tertiary/aromatic N) is 2. The second-order valence-corrected chi connectivity index (χ2v) is 6.57. The molecule has 3 nitrogen and oxygen atoms in total. The van der Waals surface area contributed by atoms with Crippen molar-refractivity contribution in [2.24, 2.45) is 5.10 Å². The van der Waals surface area contributed by atoms with Crippen molar-refractivity contribution in [1.82, 2.24) is 4.98 Å². The van der Waals surface area contributed by atoms with Gasteiger partial charge in [-0.05, 0) is 30.9 Å². The van der Waals surface area contributed by atoms with Gasteiger partial charge in [-0.3, -0.25) is 5.43 Å². The van der Waals surface area contributed by atoms with Crippen LogP contribution in [0.1, 0.15) is 13.8 Å². The van der Waals surface area contributed by atoms with Gasteiger partial charge in [-0.25, -0.2) is 4.98 Å². The van der Waals surface area contributed by atoms with Crippen LogP contribution in [0.15, 0.2) is 52.3 Å². The SMILES string of the molecule is CC(C)=NNc1nc(-c2ccc(-c3cccs3)cc2)cs1. The molecular formula is C16H15N3S2. The summed E-state index contributed by atoms with van der Waals surface area (Å²) in [7, 11) is 0. The molecule has 0 fully saturated rings. The van der Waals surface area contributed by atoms with E-state index in [1.807, 2.05) is 19.2 Å². The van der Waals surface area contributed by atoms with Gasteiger partial charge in [-0.1, -0.05) is 30.3 Å². The topological polar surface area (TPSA) is 37.3 Å². The molecular weight excluding hydrogens is 298 g/mol. The Morgan fingerprint density at radius 2 is 1.81 bits per heavy atom. The van der Waals surface area contributed by atoms with Crippen molar-refractivity contribution < 1.29 is 0 Å². The third kappa shape index (κ3) is 3.37. The highest BCUT2D eigenvalue weighted by atomic mass is 32.1. The lowest BCUT2D eigenvalue weighted by atomic mass is 10.1. The van der Waals surface area contributed by atoms with E-state index in [1.165, 1.54) is 10.4 Å². The number of thiophene rings is 1. The van der Waals surface area contributed by atoms with Gasteiger partial charge < -0.3 is 0 Å². The van der Waals surface area contributed by atoms with Gasteiger partial charge in [-0.2, -0.15) is 5.10 Å². The predicted octanol–water partition coefficient (Wildman–Crippen LogP) is 5.35. The first kappa shape index (κ1) is 14.0. The molecule has 5 heteroatoms. The molecule has 0 radical (unpaired) electrons. The molecule has 3 rings (SSSR count). The molecule has 0 spiro atoms. The van der Waals surface area contributed by atoms with E-state index >= 15 is 0 Å². The van der Waals surface area contributed by atoms with Gasteiger partial charge in [0.2, 0.25) is 5.13 Å². The minimum absolute atomic E-state index is 0.813. The molecule has 2 aromatic heterocycles. The average Bonchev–Trinajstić information content (AvgIpc) is 3.17. The number of rotatable bonds is 4. The molecule has 0 saturated heterocycles. The number of anilines is 1. The summed E-state index contributed by atoms with van der Waals surface area (Å²) in [6.07, 6.45) is 0. The van der Waals surface area contributed by atoms with Crippen LogP contribution in [-0.4, -0.2) is 10.7 Å². The Bertz CT molecular complexity index is 736. The largest absolute Gasteiger partial charge is 0.253 e. The van der Waals surface area contributed by atoms with E-state index in [0.29, 0.717) is 0 Å². The van der Waals surface area contributed by atoms with Crippen molar-refractivity contribution in [2.75, 3.05) is 5.43 Å². The smallest absolute Gasteiger partial charge is 0.203 e. The molecule has 3 aromatic rings. The van der Waals surface area contributed by atoms with Gasteiger partial charge in [0.15, 0.2) is 0 Å². The molecule has 0 bridgehead atoms. The van der Waals surface area contributed by atoms with Gasteiger partial charge in [0.05, 0.1) is 5.69 Å². The Kier molecular flexibility index (Phi) is 4.13. The highest BCUT2D eigenvalue weighted by Gasteiger charge is 2.05. The second-order valence-electron chi connectivity index (χ2n) is 4.76. The Hall–Kier alpha value is -1.98. The molecule has 1 N–H and O–H groups in total. The van der Waals surface area contributed by atoms with Crippen LogP contribution in [-0.2, 0) is 0 Å². The fourth-order valence-corrected chi connectivity index (χ4v) is 3.26. The maximum Gasteiger partial charge on any atom is 0.203 e. The maximum atomic E-state index is 4.55. The lowest BCUT2D eigenvalue weighted by molar-refractivity contribution is 1.27. The Labute approximate surface area is 132 Å². The zero-order chi connectivity index (χ0) is 14.7. The Balaban J connectivity index is 1.79. The molecule has 0 aliphatic heterocycles. The summed E-state index contributed by atoms with van der Waals surface area (Å²) in [4.78, 5) is 5.83. The highest BCUT2D eigenvalue weighted by molar-refractivity contribution is 7.14. The first-order valence-corrected chi connectivity index (χ1v) is 8.35. The van der Waals surface area contributed by atoms with Crippen LogP contribution in [0.4, 0.5) is 5.13 Å². The third-order valence-electron chi connectivity index (χ3n) is 2.87. The van der Waals surface area contributed by atoms with E-state index < -0.39 is 0 Å². The quantitative estimate of drug-likeness (QED) is 0.521. The summed E-state index contributed by atoms with van der Waals surface area (Å²) in [5.74, 6) is 0. The van der Waals surface area contributed by atoms with Crippen molar-refractivity contribution in [1.29, 1.82) is 0 Å². The normalized spacial score (nSPS) is 10.4. The highest BCUT2D eigenvalue weighted by Crippen LogP contribution is 2.29. The first-order valence-electron chi connectivity index (χ1n) is 6.59. The van der Waals surface area contributed by atoms with E-state index in [2.05, 4.69) is 57.3 Å². The number of nitrogens with one attached hydrogen (secondary N) is 1. The summed E-state index contributed by atoms with van der Waals surface area (Å²) in [6.45, 7) is 3.90. The predicted molar refractivity (Wildman–Crippen MR) is 93.3 cm³/mol. The van der Waals surface area contributed by atoms with Crippen molar-refractivity contribution in [3.63, 3.8) is 0 Å². The van der Waals surface area contributed by atoms with E-state index in [4.69, 9.17) is 0 Å². The second kappa shape index (κ2) is 6.20. The molecule has 106 valence electrons. The average molecular weight is 313 g/mol. The van der Waals surface area contributed by atoms with Gasteiger partial charge >= 0.3 is 0 Å². The summed E-state index contributed by atoms with van der Waals surface area (Å²) in [5, 5.41) is 9.12. The Morgan fingerprint density at radius 3 is 2.48 bits per heavy atom. The van der Waals surface area contributed by atoms with Gasteiger partial charge in [0.25, 0.3) is 0 Å². The van der Waals surface area contributed by atoms with Crippen LogP contribution < -0.4 is 5.43 Å². The van der Waals surface area contributed by atoms with E-state index in [1.54, 1.807) is 22.7 Å². The van der Waals surface area contributed by atoms with Gasteiger partial charge in [-0.15, -0.1) is 22.7 Å². The fraction of sp³-hybridized carbons (Fsp3) is 0.125. The lowest BCUT2D eigenvalue weighted by Crippen LogP contribution is -1.92. The zero-order valence-corrected chi connectivity index (χ0v) is 13.5. The van der Waals surface area contributed by atoms with Crippen LogP contribution >= 0.6 is 22.7 Å². The van der Waals surface area contributed by atoms with Crippen LogP contribution in [0.25, 0.3) is 21.7 Å². The van der Waals surface area contributed by atoms with Crippen molar-refractivity contribution in [3.8, 4) is 21.7 Å². The van der Waals surface area contributed by atoms with Crippen LogP contribution in [0.5, 0.6) is 0 Å². The van der Waals surface area contributed by atoms with Crippen molar-refractivity contribution in [3.05, 3.63) is 47.2 Å². The molecule has 0 amide bonds. The maximum absolute atomic E-state index is 4.55. The van der Waals surface area contributed by atoms with Gasteiger partial charge in [0, 0.05) is 21.5 Å². The summed E-state index contributed by atoms with van der Waals surface area (Å²) >= 11 is 3.31. The minimum atomic E-state index is 0.813. The standard InChI is InChI=1S/C16H15N3S2/c1-11(2)18-19-16-17-14(10-21-16)12-5-7-13(8-6-12)15-4-3-9-20-15/h3-10H,1-2H3,(H,17,19). The molecule has 1 aromatic carbocycles. The number of hydrazone groups is 1. The number of aromatic nitrogens is 1.